The lowest BCUT2D eigenvalue weighted by Gasteiger charge is -2.04. The Kier molecular flexibility index (Phi) is 3.68. The van der Waals surface area contributed by atoms with E-state index in [1.165, 1.54) is 24.2 Å². The third kappa shape index (κ3) is 3.36. The third-order valence-electron chi connectivity index (χ3n) is 3.05. The van der Waals surface area contributed by atoms with Crippen LogP contribution >= 0.6 is 11.3 Å². The van der Waals surface area contributed by atoms with Crippen LogP contribution in [0.15, 0.2) is 17.6 Å². The maximum atomic E-state index is 11.5. The van der Waals surface area contributed by atoms with Gasteiger partial charge in [-0.1, -0.05) is 0 Å². The molecule has 0 spiro atoms. The number of aromatic nitrogens is 3. The Morgan fingerprint density at radius 2 is 2.45 bits per heavy atom. The van der Waals surface area contributed by atoms with E-state index in [1.54, 1.807) is 4.68 Å². The molecule has 7 heteroatoms. The standard InChI is InChI=1S/C13H16N4O2S/c1-17-5-4-11(16-17)12-15-10(8-20-12)6-14-13(18)19-7-9-2-3-9/h4-5,8-9H,2-3,6-7H2,1H3,(H,14,18). The van der Waals surface area contributed by atoms with Gasteiger partial charge in [-0.25, -0.2) is 9.78 Å². The summed E-state index contributed by atoms with van der Waals surface area (Å²) in [7, 11) is 1.87. The Morgan fingerprint density at radius 1 is 1.60 bits per heavy atom. The number of carbonyl (C=O) groups is 1. The number of hydrogen-bond acceptors (Lipinski definition) is 5. The van der Waals surface area contributed by atoms with Gasteiger partial charge < -0.3 is 10.1 Å². The van der Waals surface area contributed by atoms with Crippen LogP contribution < -0.4 is 5.32 Å². The molecule has 0 atom stereocenters. The summed E-state index contributed by atoms with van der Waals surface area (Å²) in [5.74, 6) is 0.579. The van der Waals surface area contributed by atoms with E-state index in [0.717, 1.165) is 16.4 Å². The maximum Gasteiger partial charge on any atom is 0.407 e. The topological polar surface area (TPSA) is 69.0 Å². The minimum absolute atomic E-state index is 0.371. The average molecular weight is 292 g/mol. The van der Waals surface area contributed by atoms with Crippen LogP contribution in [0.3, 0.4) is 0 Å². The normalized spacial score (nSPS) is 14.2. The van der Waals surface area contributed by atoms with Gasteiger partial charge in [-0.3, -0.25) is 4.68 Å². The molecule has 0 saturated heterocycles. The van der Waals surface area contributed by atoms with E-state index < -0.39 is 0 Å². The van der Waals surface area contributed by atoms with Gasteiger partial charge in [0.15, 0.2) is 0 Å². The molecular formula is C13H16N4O2S. The first kappa shape index (κ1) is 13.1. The highest BCUT2D eigenvalue weighted by atomic mass is 32.1. The maximum absolute atomic E-state index is 11.5. The number of amides is 1. The van der Waals surface area contributed by atoms with Crippen molar-refractivity contribution < 1.29 is 9.53 Å². The predicted molar refractivity (Wildman–Crippen MR) is 75.2 cm³/mol. The zero-order valence-corrected chi connectivity index (χ0v) is 12.0. The zero-order chi connectivity index (χ0) is 13.9. The fourth-order valence-electron chi connectivity index (χ4n) is 1.73. The van der Waals surface area contributed by atoms with Crippen LogP contribution in [0.2, 0.25) is 0 Å². The van der Waals surface area contributed by atoms with Crippen LogP contribution in [-0.4, -0.2) is 27.5 Å². The van der Waals surface area contributed by atoms with Crippen LogP contribution in [0.5, 0.6) is 0 Å². The number of hydrogen-bond donors (Lipinski definition) is 1. The summed E-state index contributed by atoms with van der Waals surface area (Å²) in [6.07, 6.45) is 3.85. The Hall–Kier alpha value is -1.89. The zero-order valence-electron chi connectivity index (χ0n) is 11.2. The first-order chi connectivity index (χ1) is 9.70. The lowest BCUT2D eigenvalue weighted by Crippen LogP contribution is -2.24. The van der Waals surface area contributed by atoms with E-state index in [-0.39, 0.29) is 6.09 Å². The van der Waals surface area contributed by atoms with Crippen molar-refractivity contribution in [3.63, 3.8) is 0 Å². The number of aryl methyl sites for hydroxylation is 1. The summed E-state index contributed by atoms with van der Waals surface area (Å²) in [5, 5.41) is 9.78. The largest absolute Gasteiger partial charge is 0.449 e. The molecule has 1 N–H and O–H groups in total. The molecule has 106 valence electrons. The molecule has 3 rings (SSSR count). The van der Waals surface area contributed by atoms with E-state index in [0.29, 0.717) is 19.1 Å². The van der Waals surface area contributed by atoms with Crippen molar-refractivity contribution in [1.82, 2.24) is 20.1 Å². The van der Waals surface area contributed by atoms with Crippen LogP contribution in [0.1, 0.15) is 18.5 Å². The lowest BCUT2D eigenvalue weighted by molar-refractivity contribution is 0.140. The molecule has 20 heavy (non-hydrogen) atoms. The van der Waals surface area contributed by atoms with Gasteiger partial charge >= 0.3 is 6.09 Å². The highest BCUT2D eigenvalue weighted by Crippen LogP contribution is 2.28. The number of rotatable bonds is 5. The molecule has 6 nitrogen and oxygen atoms in total. The monoisotopic (exact) mass is 292 g/mol. The van der Waals surface area contributed by atoms with Gasteiger partial charge in [0.25, 0.3) is 0 Å². The Labute approximate surface area is 120 Å². The molecular weight excluding hydrogens is 276 g/mol. The third-order valence-corrected chi connectivity index (χ3v) is 3.96. The number of carbonyl (C=O) groups excluding carboxylic acids is 1. The smallest absolute Gasteiger partial charge is 0.407 e. The first-order valence-electron chi connectivity index (χ1n) is 6.56. The molecule has 0 bridgehead atoms. The molecule has 2 aromatic heterocycles. The predicted octanol–water partition coefficient (Wildman–Crippen LogP) is 2.18. The minimum atomic E-state index is -0.371. The van der Waals surface area contributed by atoms with E-state index in [4.69, 9.17) is 4.74 Å². The lowest BCUT2D eigenvalue weighted by atomic mass is 10.4. The van der Waals surface area contributed by atoms with Crippen molar-refractivity contribution in [2.45, 2.75) is 19.4 Å². The van der Waals surface area contributed by atoms with E-state index in [9.17, 15) is 4.79 Å². The highest BCUT2D eigenvalue weighted by molar-refractivity contribution is 7.13. The van der Waals surface area contributed by atoms with Crippen LogP contribution in [0, 0.1) is 5.92 Å². The Morgan fingerprint density at radius 3 is 3.15 bits per heavy atom. The number of nitrogens with zero attached hydrogens (tertiary/aromatic N) is 3. The number of ether oxygens (including phenoxy) is 1. The van der Waals surface area contributed by atoms with Gasteiger partial charge in [-0.05, 0) is 24.8 Å². The van der Waals surface area contributed by atoms with Crippen molar-refractivity contribution >= 4 is 17.4 Å². The summed E-state index contributed by atoms with van der Waals surface area (Å²) >= 11 is 1.52. The number of alkyl carbamates (subject to hydrolysis) is 1. The molecule has 0 aromatic carbocycles. The summed E-state index contributed by atoms with van der Waals surface area (Å²) < 4.78 is 6.83. The molecule has 1 aliphatic carbocycles. The molecule has 1 saturated carbocycles. The van der Waals surface area contributed by atoms with Crippen LogP contribution in [0.4, 0.5) is 4.79 Å². The van der Waals surface area contributed by atoms with E-state index >= 15 is 0 Å². The first-order valence-corrected chi connectivity index (χ1v) is 7.44. The van der Waals surface area contributed by atoms with Crippen LogP contribution in [-0.2, 0) is 18.3 Å². The molecule has 1 aliphatic rings. The van der Waals surface area contributed by atoms with Crippen molar-refractivity contribution in [3.05, 3.63) is 23.3 Å². The summed E-state index contributed by atoms with van der Waals surface area (Å²) in [4.78, 5) is 15.9. The average Bonchev–Trinajstić information content (AvgIpc) is 2.97. The van der Waals surface area contributed by atoms with E-state index in [1.807, 2.05) is 24.7 Å². The van der Waals surface area contributed by atoms with Gasteiger partial charge in [0.2, 0.25) is 0 Å². The fourth-order valence-corrected chi connectivity index (χ4v) is 2.51. The van der Waals surface area contributed by atoms with Crippen molar-refractivity contribution in [3.8, 4) is 10.7 Å². The van der Waals surface area contributed by atoms with Gasteiger partial charge in [0, 0.05) is 18.6 Å². The van der Waals surface area contributed by atoms with Crippen molar-refractivity contribution in [2.24, 2.45) is 13.0 Å². The summed E-state index contributed by atoms with van der Waals surface area (Å²) in [6.45, 7) is 0.912. The molecule has 0 radical (unpaired) electrons. The second kappa shape index (κ2) is 5.62. The van der Waals surface area contributed by atoms with Gasteiger partial charge in [-0.2, -0.15) is 5.10 Å². The molecule has 1 fully saturated rings. The molecule has 2 aromatic rings. The molecule has 0 unspecified atom stereocenters. The minimum Gasteiger partial charge on any atom is -0.449 e. The van der Waals surface area contributed by atoms with Crippen LogP contribution in [0.25, 0.3) is 10.7 Å². The Balaban J connectivity index is 1.50. The fraction of sp³-hybridized carbons (Fsp3) is 0.462. The summed E-state index contributed by atoms with van der Waals surface area (Å²) in [5.41, 5.74) is 1.67. The number of thiazole rings is 1. The van der Waals surface area contributed by atoms with E-state index in [2.05, 4.69) is 15.4 Å². The number of nitrogens with one attached hydrogen (secondary N) is 1. The second-order valence-electron chi connectivity index (χ2n) is 4.91. The molecule has 2 heterocycles. The van der Waals surface area contributed by atoms with Crippen molar-refractivity contribution in [1.29, 1.82) is 0 Å². The van der Waals surface area contributed by atoms with Gasteiger partial charge in [0.05, 0.1) is 18.8 Å². The second-order valence-corrected chi connectivity index (χ2v) is 5.77. The molecule has 1 amide bonds. The quantitative estimate of drug-likeness (QED) is 0.917. The van der Waals surface area contributed by atoms with Crippen molar-refractivity contribution in [2.75, 3.05) is 6.61 Å². The van der Waals surface area contributed by atoms with Gasteiger partial charge in [0.1, 0.15) is 10.7 Å². The SMILES string of the molecule is Cn1ccc(-c2nc(CNC(=O)OCC3CC3)cs2)n1. The molecule has 0 aliphatic heterocycles. The summed E-state index contributed by atoms with van der Waals surface area (Å²) in [6, 6.07) is 1.92. The Bertz CT molecular complexity index is 603. The van der Waals surface area contributed by atoms with Gasteiger partial charge in [-0.15, -0.1) is 11.3 Å². The highest BCUT2D eigenvalue weighted by Gasteiger charge is 2.22.